The first-order valence-electron chi connectivity index (χ1n) is 6.14. The first kappa shape index (κ1) is 18.8. The minimum absolute atomic E-state index is 0.167. The SMILES string of the molecule is O=C(CCl)NC1C(=O)N2C(C(=O)O)=C(O)C(CC(Cl)(Cl)Cl)S[C@H]12. The fraction of sp³-hybridized carbons (Fsp3) is 0.545. The number of nitrogens with one attached hydrogen (secondary N) is 1. The Morgan fingerprint density at radius 1 is 1.35 bits per heavy atom. The summed E-state index contributed by atoms with van der Waals surface area (Å²) in [5.74, 6) is -3.61. The number of carbonyl (C=O) groups is 3. The molecule has 23 heavy (non-hydrogen) atoms. The molecule has 0 saturated carbocycles. The molecule has 0 aromatic heterocycles. The molecule has 1 fully saturated rings. The van der Waals surface area contributed by atoms with Crippen LogP contribution in [0, 0.1) is 0 Å². The Hall–Kier alpha value is -0.540. The van der Waals surface area contributed by atoms with E-state index in [2.05, 4.69) is 5.32 Å². The lowest BCUT2D eigenvalue weighted by atomic mass is 10.0. The molecule has 12 heteroatoms. The van der Waals surface area contributed by atoms with Crippen LogP contribution in [0.1, 0.15) is 6.42 Å². The number of alkyl halides is 4. The number of nitrogens with zero attached hydrogens (tertiary/aromatic N) is 1. The number of halogens is 4. The Balaban J connectivity index is 2.31. The first-order valence-corrected chi connectivity index (χ1v) is 8.75. The second-order valence-electron chi connectivity index (χ2n) is 4.76. The molecule has 2 unspecified atom stereocenters. The topological polar surface area (TPSA) is 107 Å². The molecule has 0 aromatic rings. The second-order valence-corrected chi connectivity index (χ2v) is 8.87. The van der Waals surface area contributed by atoms with Crippen LogP contribution in [0.5, 0.6) is 0 Å². The molecule has 0 bridgehead atoms. The fourth-order valence-electron chi connectivity index (χ4n) is 2.26. The van der Waals surface area contributed by atoms with Gasteiger partial charge in [0, 0.05) is 6.42 Å². The Labute approximate surface area is 154 Å². The van der Waals surface area contributed by atoms with Crippen molar-refractivity contribution >= 4 is 75.9 Å². The van der Waals surface area contributed by atoms with Crippen LogP contribution in [0.25, 0.3) is 0 Å². The molecule has 128 valence electrons. The second kappa shape index (κ2) is 6.76. The van der Waals surface area contributed by atoms with Gasteiger partial charge in [-0.3, -0.25) is 14.5 Å². The van der Waals surface area contributed by atoms with Crippen LogP contribution in [0.2, 0.25) is 0 Å². The van der Waals surface area contributed by atoms with E-state index in [9.17, 15) is 24.6 Å². The van der Waals surface area contributed by atoms with Crippen LogP contribution in [0.4, 0.5) is 0 Å². The Morgan fingerprint density at radius 3 is 2.43 bits per heavy atom. The highest BCUT2D eigenvalue weighted by molar-refractivity contribution is 8.00. The zero-order chi connectivity index (χ0) is 17.5. The van der Waals surface area contributed by atoms with Gasteiger partial charge in [-0.25, -0.2) is 4.79 Å². The molecule has 2 rings (SSSR count). The molecule has 2 aliphatic heterocycles. The molecular weight excluding hydrogens is 414 g/mol. The number of aliphatic hydroxyl groups excluding tert-OH is 1. The molecule has 3 atom stereocenters. The van der Waals surface area contributed by atoms with E-state index in [1.165, 1.54) is 0 Å². The minimum Gasteiger partial charge on any atom is -0.509 e. The number of hydrogen-bond acceptors (Lipinski definition) is 5. The minimum atomic E-state index is -1.72. The number of amides is 2. The van der Waals surface area contributed by atoms with Gasteiger partial charge in [0.1, 0.15) is 23.1 Å². The number of aliphatic carboxylic acids is 1. The smallest absolute Gasteiger partial charge is 0.356 e. The van der Waals surface area contributed by atoms with Crippen molar-refractivity contribution in [2.45, 2.75) is 26.9 Å². The predicted octanol–water partition coefficient (Wildman–Crippen LogP) is 1.61. The lowest BCUT2D eigenvalue weighted by molar-refractivity contribution is -0.151. The molecule has 2 heterocycles. The van der Waals surface area contributed by atoms with Crippen molar-refractivity contribution in [2.24, 2.45) is 0 Å². The maximum absolute atomic E-state index is 12.1. The number of carboxylic acids is 1. The summed E-state index contributed by atoms with van der Waals surface area (Å²) in [6, 6.07) is -0.952. The maximum Gasteiger partial charge on any atom is 0.356 e. The summed E-state index contributed by atoms with van der Waals surface area (Å²) in [5.41, 5.74) is -0.575. The molecule has 1 saturated heterocycles. The van der Waals surface area contributed by atoms with E-state index in [0.29, 0.717) is 0 Å². The van der Waals surface area contributed by atoms with Crippen molar-refractivity contribution in [3.63, 3.8) is 0 Å². The van der Waals surface area contributed by atoms with Gasteiger partial charge in [-0.1, -0.05) is 34.8 Å². The predicted molar refractivity (Wildman–Crippen MR) is 86.9 cm³/mol. The van der Waals surface area contributed by atoms with Crippen molar-refractivity contribution in [3.8, 4) is 0 Å². The van der Waals surface area contributed by atoms with E-state index in [4.69, 9.17) is 46.4 Å². The lowest BCUT2D eigenvalue weighted by Gasteiger charge is -2.50. The summed E-state index contributed by atoms with van der Waals surface area (Å²) in [6.45, 7) is 0. The summed E-state index contributed by atoms with van der Waals surface area (Å²) in [7, 11) is 0. The Bertz CT molecular complexity index is 593. The molecule has 0 aliphatic carbocycles. The summed E-state index contributed by atoms with van der Waals surface area (Å²) < 4.78 is -1.72. The summed E-state index contributed by atoms with van der Waals surface area (Å²) in [4.78, 5) is 35.7. The molecule has 0 spiro atoms. The number of rotatable bonds is 4. The highest BCUT2D eigenvalue weighted by atomic mass is 35.6. The first-order chi connectivity index (χ1) is 10.6. The van der Waals surface area contributed by atoms with Crippen molar-refractivity contribution in [3.05, 3.63) is 11.5 Å². The van der Waals surface area contributed by atoms with Gasteiger partial charge in [-0.2, -0.15) is 0 Å². The van der Waals surface area contributed by atoms with Crippen molar-refractivity contribution in [1.29, 1.82) is 0 Å². The van der Waals surface area contributed by atoms with Gasteiger partial charge in [0.25, 0.3) is 5.91 Å². The van der Waals surface area contributed by atoms with E-state index in [0.717, 1.165) is 16.7 Å². The van der Waals surface area contributed by atoms with Crippen molar-refractivity contribution in [2.75, 3.05) is 5.88 Å². The third kappa shape index (κ3) is 3.76. The van der Waals surface area contributed by atoms with Crippen LogP contribution < -0.4 is 5.32 Å². The monoisotopic (exact) mass is 422 g/mol. The van der Waals surface area contributed by atoms with Crippen LogP contribution in [0.15, 0.2) is 11.5 Å². The Kier molecular flexibility index (Phi) is 5.52. The zero-order valence-electron chi connectivity index (χ0n) is 11.1. The number of aliphatic hydroxyl groups is 1. The molecular formula is C11H10Cl4N2O5S. The van der Waals surface area contributed by atoms with E-state index < -0.39 is 49.7 Å². The van der Waals surface area contributed by atoms with Crippen molar-refractivity contribution in [1.82, 2.24) is 10.2 Å². The molecule has 0 radical (unpaired) electrons. The van der Waals surface area contributed by atoms with Gasteiger partial charge in [0.15, 0.2) is 9.49 Å². The molecule has 0 aromatic carbocycles. The van der Waals surface area contributed by atoms with E-state index >= 15 is 0 Å². The number of hydrogen-bond donors (Lipinski definition) is 3. The Morgan fingerprint density at radius 2 is 1.96 bits per heavy atom. The highest BCUT2D eigenvalue weighted by Crippen LogP contribution is 2.47. The molecule has 3 N–H and O–H groups in total. The maximum atomic E-state index is 12.1. The van der Waals surface area contributed by atoms with Gasteiger partial charge in [-0.05, 0) is 0 Å². The van der Waals surface area contributed by atoms with Crippen LogP contribution >= 0.6 is 58.2 Å². The molecule has 7 nitrogen and oxygen atoms in total. The van der Waals surface area contributed by atoms with E-state index in [1.807, 2.05) is 0 Å². The summed E-state index contributed by atoms with van der Waals surface area (Å²) in [6.07, 6.45) is -0.167. The van der Waals surface area contributed by atoms with E-state index in [1.54, 1.807) is 0 Å². The van der Waals surface area contributed by atoms with Gasteiger partial charge >= 0.3 is 5.97 Å². The molecule has 2 amide bonds. The average Bonchev–Trinajstić information content (AvgIpc) is 2.44. The molecule has 2 aliphatic rings. The zero-order valence-corrected chi connectivity index (χ0v) is 15.0. The number of β-lactam (4-membered cyclic amide) rings is 1. The van der Waals surface area contributed by atoms with Gasteiger partial charge < -0.3 is 15.5 Å². The van der Waals surface area contributed by atoms with Gasteiger partial charge in [-0.15, -0.1) is 23.4 Å². The van der Waals surface area contributed by atoms with Gasteiger partial charge in [0.2, 0.25) is 5.91 Å². The van der Waals surface area contributed by atoms with Gasteiger partial charge in [0.05, 0.1) is 5.25 Å². The van der Waals surface area contributed by atoms with Crippen LogP contribution in [0.3, 0.4) is 0 Å². The van der Waals surface area contributed by atoms with Crippen molar-refractivity contribution < 1.29 is 24.6 Å². The lowest BCUT2D eigenvalue weighted by Crippen LogP contribution is -2.71. The number of thioether (sulfide) groups is 1. The number of carboxylic acid groups (broad SMARTS) is 1. The number of fused-ring (bicyclic) bond motifs is 1. The highest BCUT2D eigenvalue weighted by Gasteiger charge is 2.57. The normalized spacial score (nSPS) is 27.4. The third-order valence-corrected chi connectivity index (χ3v) is 5.38. The quantitative estimate of drug-likeness (QED) is 0.468. The third-order valence-electron chi connectivity index (χ3n) is 3.19. The van der Waals surface area contributed by atoms with Crippen LogP contribution in [-0.2, 0) is 14.4 Å². The van der Waals surface area contributed by atoms with Crippen LogP contribution in [-0.4, -0.2) is 59.2 Å². The summed E-state index contributed by atoms with van der Waals surface area (Å²) >= 11 is 23.5. The standard InChI is InChI=1S/C11H10Cl4N2O5S/c12-2-4(18)16-5-8(20)17-6(10(21)22)7(19)3(23-9(5)17)1-11(13,14)15/h3,5,9,19H,1-2H2,(H,16,18)(H,21,22)/t3?,5?,9-/m1/s1. The average molecular weight is 424 g/mol. The summed E-state index contributed by atoms with van der Waals surface area (Å²) in [5, 5.41) is 20.2. The fourth-order valence-corrected chi connectivity index (χ4v) is 4.67. The largest absolute Gasteiger partial charge is 0.509 e. The number of carbonyl (C=O) groups excluding carboxylic acids is 2. The van der Waals surface area contributed by atoms with E-state index in [-0.39, 0.29) is 12.3 Å².